The second-order valence-electron chi connectivity index (χ2n) is 3.99. The predicted octanol–water partition coefficient (Wildman–Crippen LogP) is 2.89. The molecule has 1 unspecified atom stereocenters. The molecule has 0 amide bonds. The van der Waals surface area contributed by atoms with Gasteiger partial charge in [0.15, 0.2) is 0 Å². The van der Waals surface area contributed by atoms with Gasteiger partial charge in [0.2, 0.25) is 0 Å². The molecular formula is C14H15NOS. The molecule has 0 saturated carbocycles. The summed E-state index contributed by atoms with van der Waals surface area (Å²) in [5.74, 6) is 0.546. The normalized spacial score (nSPS) is 12.3. The third kappa shape index (κ3) is 2.94. The van der Waals surface area contributed by atoms with Gasteiger partial charge in [-0.15, -0.1) is 0 Å². The van der Waals surface area contributed by atoms with Crippen LogP contribution in [0.4, 0.5) is 5.69 Å². The molecule has 0 heterocycles. The first kappa shape index (κ1) is 11.9. The van der Waals surface area contributed by atoms with Crippen molar-refractivity contribution in [2.45, 2.75) is 17.6 Å². The third-order valence-electron chi connectivity index (χ3n) is 2.64. The summed E-state index contributed by atoms with van der Waals surface area (Å²) in [5, 5.41) is 0. The molecule has 1 atom stereocenters. The van der Waals surface area contributed by atoms with Crippen LogP contribution in [0.25, 0.3) is 0 Å². The smallest absolute Gasteiger partial charge is 0.0574 e. The highest BCUT2D eigenvalue weighted by Gasteiger charge is 2.06. The summed E-state index contributed by atoms with van der Waals surface area (Å²) >= 11 is 0. The zero-order valence-corrected chi connectivity index (χ0v) is 10.5. The van der Waals surface area contributed by atoms with Crippen molar-refractivity contribution in [2.75, 3.05) is 5.73 Å². The SMILES string of the molecule is Cc1cc(S(=O)Cc2ccccc2)ccc1N. The maximum absolute atomic E-state index is 12.1. The number of nitrogen functional groups attached to an aromatic ring is 1. The fourth-order valence-electron chi connectivity index (χ4n) is 1.60. The highest BCUT2D eigenvalue weighted by Crippen LogP contribution is 2.17. The van der Waals surface area contributed by atoms with Crippen LogP contribution in [0.2, 0.25) is 0 Å². The van der Waals surface area contributed by atoms with Crippen LogP contribution in [-0.2, 0) is 16.6 Å². The number of hydrogen-bond donors (Lipinski definition) is 1. The van der Waals surface area contributed by atoms with Crippen LogP contribution in [0.3, 0.4) is 0 Å². The number of hydrogen-bond acceptors (Lipinski definition) is 2. The van der Waals surface area contributed by atoms with Crippen LogP contribution in [0, 0.1) is 6.92 Å². The Bertz CT molecular complexity index is 537. The fourth-order valence-corrected chi connectivity index (χ4v) is 2.79. The number of anilines is 1. The molecule has 2 nitrogen and oxygen atoms in total. The van der Waals surface area contributed by atoms with E-state index in [9.17, 15) is 4.21 Å². The van der Waals surface area contributed by atoms with Crippen molar-refractivity contribution >= 4 is 16.5 Å². The summed E-state index contributed by atoms with van der Waals surface area (Å²) in [6, 6.07) is 15.4. The van der Waals surface area contributed by atoms with E-state index in [1.165, 1.54) is 0 Å². The van der Waals surface area contributed by atoms with Crippen LogP contribution in [0.5, 0.6) is 0 Å². The quantitative estimate of drug-likeness (QED) is 0.845. The van der Waals surface area contributed by atoms with E-state index >= 15 is 0 Å². The van der Waals surface area contributed by atoms with Gasteiger partial charge in [-0.2, -0.15) is 0 Å². The maximum Gasteiger partial charge on any atom is 0.0574 e. The van der Waals surface area contributed by atoms with Crippen molar-refractivity contribution in [3.05, 3.63) is 59.7 Å². The Hall–Kier alpha value is -1.61. The predicted molar refractivity (Wildman–Crippen MR) is 72.1 cm³/mol. The summed E-state index contributed by atoms with van der Waals surface area (Å²) < 4.78 is 12.1. The first-order valence-corrected chi connectivity index (χ1v) is 6.77. The molecule has 2 aromatic carbocycles. The van der Waals surface area contributed by atoms with Crippen LogP contribution < -0.4 is 5.73 Å². The molecule has 0 spiro atoms. The molecular weight excluding hydrogens is 230 g/mol. The molecule has 2 N–H and O–H groups in total. The zero-order valence-electron chi connectivity index (χ0n) is 9.72. The van der Waals surface area contributed by atoms with E-state index < -0.39 is 10.8 Å². The average Bonchev–Trinajstić information content (AvgIpc) is 2.34. The minimum Gasteiger partial charge on any atom is -0.399 e. The Labute approximate surface area is 104 Å². The molecule has 0 aliphatic heterocycles. The van der Waals surface area contributed by atoms with Gasteiger partial charge in [0, 0.05) is 10.6 Å². The van der Waals surface area contributed by atoms with Gasteiger partial charge in [-0.3, -0.25) is 4.21 Å². The van der Waals surface area contributed by atoms with Gasteiger partial charge in [0.05, 0.1) is 16.6 Å². The van der Waals surface area contributed by atoms with Gasteiger partial charge < -0.3 is 5.73 Å². The van der Waals surface area contributed by atoms with E-state index in [0.29, 0.717) is 5.75 Å². The highest BCUT2D eigenvalue weighted by atomic mass is 32.2. The number of aryl methyl sites for hydroxylation is 1. The lowest BCUT2D eigenvalue weighted by Gasteiger charge is -2.05. The summed E-state index contributed by atoms with van der Waals surface area (Å²) in [6.45, 7) is 1.93. The Kier molecular flexibility index (Phi) is 3.59. The summed E-state index contributed by atoms with van der Waals surface area (Å²) in [7, 11) is -1.01. The standard InChI is InChI=1S/C14H15NOS/c1-11-9-13(7-8-14(11)15)17(16)10-12-5-3-2-4-6-12/h2-9H,10,15H2,1H3. The molecule has 0 saturated heterocycles. The van der Waals surface area contributed by atoms with Gasteiger partial charge in [-0.25, -0.2) is 0 Å². The molecule has 88 valence electrons. The van der Waals surface area contributed by atoms with Crippen molar-refractivity contribution < 1.29 is 4.21 Å². The molecule has 2 aromatic rings. The second kappa shape index (κ2) is 5.15. The van der Waals surface area contributed by atoms with Gasteiger partial charge >= 0.3 is 0 Å². The van der Waals surface area contributed by atoms with E-state index in [-0.39, 0.29) is 0 Å². The van der Waals surface area contributed by atoms with E-state index in [2.05, 4.69) is 0 Å². The molecule has 3 heteroatoms. The Morgan fingerprint density at radius 3 is 2.47 bits per heavy atom. The first-order chi connectivity index (χ1) is 8.16. The minimum atomic E-state index is -1.01. The number of nitrogens with two attached hydrogens (primary N) is 1. The summed E-state index contributed by atoms with van der Waals surface area (Å²) in [4.78, 5) is 0.834. The van der Waals surface area contributed by atoms with Gasteiger partial charge in [0.25, 0.3) is 0 Å². The average molecular weight is 245 g/mol. The maximum atomic E-state index is 12.1. The Morgan fingerprint density at radius 2 is 1.82 bits per heavy atom. The lowest BCUT2D eigenvalue weighted by molar-refractivity contribution is 0.682. The summed E-state index contributed by atoms with van der Waals surface area (Å²) in [5.41, 5.74) is 8.54. The third-order valence-corrected chi connectivity index (χ3v) is 4.02. The van der Waals surface area contributed by atoms with E-state index in [1.54, 1.807) is 0 Å². The van der Waals surface area contributed by atoms with Crippen molar-refractivity contribution in [1.82, 2.24) is 0 Å². The molecule has 0 radical (unpaired) electrons. The minimum absolute atomic E-state index is 0.546. The van der Waals surface area contributed by atoms with Gasteiger partial charge in [-0.1, -0.05) is 30.3 Å². The lowest BCUT2D eigenvalue weighted by Crippen LogP contribution is -1.98. The van der Waals surface area contributed by atoms with E-state index in [1.807, 2.05) is 55.5 Å². The lowest BCUT2D eigenvalue weighted by atomic mass is 10.2. The summed E-state index contributed by atoms with van der Waals surface area (Å²) in [6.07, 6.45) is 0. The van der Waals surface area contributed by atoms with Crippen molar-refractivity contribution in [3.63, 3.8) is 0 Å². The van der Waals surface area contributed by atoms with Crippen molar-refractivity contribution in [1.29, 1.82) is 0 Å². The number of rotatable bonds is 3. The van der Waals surface area contributed by atoms with Crippen LogP contribution >= 0.6 is 0 Å². The zero-order chi connectivity index (χ0) is 12.3. The second-order valence-corrected chi connectivity index (χ2v) is 5.44. The molecule has 2 rings (SSSR count). The van der Waals surface area contributed by atoms with Gasteiger partial charge in [0.1, 0.15) is 0 Å². The van der Waals surface area contributed by atoms with E-state index in [4.69, 9.17) is 5.73 Å². The Balaban J connectivity index is 2.18. The van der Waals surface area contributed by atoms with Crippen molar-refractivity contribution in [2.24, 2.45) is 0 Å². The highest BCUT2D eigenvalue weighted by molar-refractivity contribution is 7.84. The molecule has 17 heavy (non-hydrogen) atoms. The number of benzene rings is 2. The fraction of sp³-hybridized carbons (Fsp3) is 0.143. The van der Waals surface area contributed by atoms with Gasteiger partial charge in [-0.05, 0) is 36.2 Å². The largest absolute Gasteiger partial charge is 0.399 e. The molecule has 0 fully saturated rings. The monoisotopic (exact) mass is 245 g/mol. The molecule has 0 aliphatic carbocycles. The van der Waals surface area contributed by atoms with Crippen LogP contribution in [0.1, 0.15) is 11.1 Å². The van der Waals surface area contributed by atoms with Crippen LogP contribution in [0.15, 0.2) is 53.4 Å². The van der Waals surface area contributed by atoms with Crippen molar-refractivity contribution in [3.8, 4) is 0 Å². The Morgan fingerprint density at radius 1 is 1.12 bits per heavy atom. The topological polar surface area (TPSA) is 43.1 Å². The molecule has 0 bridgehead atoms. The molecule has 0 aromatic heterocycles. The first-order valence-electron chi connectivity index (χ1n) is 5.45. The van der Waals surface area contributed by atoms with E-state index in [0.717, 1.165) is 21.7 Å². The van der Waals surface area contributed by atoms with Crippen LogP contribution in [-0.4, -0.2) is 4.21 Å². The molecule has 0 aliphatic rings.